The first kappa shape index (κ1) is 30.4. The van der Waals surface area contributed by atoms with E-state index in [9.17, 15) is 18.0 Å². The summed E-state index contributed by atoms with van der Waals surface area (Å²) >= 11 is 3.43. The molecule has 0 aliphatic carbocycles. The highest BCUT2D eigenvalue weighted by Gasteiger charge is 2.33. The summed E-state index contributed by atoms with van der Waals surface area (Å²) in [4.78, 5) is 28.5. The van der Waals surface area contributed by atoms with Gasteiger partial charge in [-0.1, -0.05) is 71.7 Å². The van der Waals surface area contributed by atoms with E-state index in [1.807, 2.05) is 51.1 Å². The van der Waals surface area contributed by atoms with Gasteiger partial charge in [0, 0.05) is 17.6 Å². The highest BCUT2D eigenvalue weighted by molar-refractivity contribution is 9.10. The van der Waals surface area contributed by atoms with Crippen molar-refractivity contribution >= 4 is 43.5 Å². The molecule has 0 bridgehead atoms. The van der Waals surface area contributed by atoms with Gasteiger partial charge < -0.3 is 10.2 Å². The molecular weight excluding hydrogens is 578 g/mol. The number of anilines is 1. The van der Waals surface area contributed by atoms with Gasteiger partial charge in [0.05, 0.1) is 10.6 Å². The summed E-state index contributed by atoms with van der Waals surface area (Å²) in [5.74, 6) is -0.755. The molecule has 0 radical (unpaired) electrons. The minimum atomic E-state index is -4.08. The summed E-state index contributed by atoms with van der Waals surface area (Å²) in [6.07, 6.45) is 1.76. The van der Waals surface area contributed by atoms with E-state index in [2.05, 4.69) is 21.2 Å². The smallest absolute Gasteiger partial charge is 0.264 e. The van der Waals surface area contributed by atoms with Crippen LogP contribution in [0.4, 0.5) is 5.69 Å². The first-order valence-electron chi connectivity index (χ1n) is 13.0. The van der Waals surface area contributed by atoms with Crippen molar-refractivity contribution in [1.82, 2.24) is 10.2 Å². The summed E-state index contributed by atoms with van der Waals surface area (Å²) in [6, 6.07) is 20.1. The third kappa shape index (κ3) is 7.70. The largest absolute Gasteiger partial charge is 0.354 e. The van der Waals surface area contributed by atoms with Crippen LogP contribution >= 0.6 is 15.9 Å². The van der Waals surface area contributed by atoms with Crippen LogP contribution in [0, 0.1) is 13.8 Å². The fourth-order valence-electron chi connectivity index (χ4n) is 4.14. The Bertz CT molecular complexity index is 1380. The maximum Gasteiger partial charge on any atom is 0.264 e. The van der Waals surface area contributed by atoms with E-state index in [-0.39, 0.29) is 17.3 Å². The molecule has 2 amide bonds. The lowest BCUT2D eigenvalue weighted by atomic mass is 10.1. The van der Waals surface area contributed by atoms with E-state index in [1.165, 1.54) is 17.0 Å². The second kappa shape index (κ2) is 13.8. The standard InChI is InChI=1S/C30H36BrN3O4S/c1-5-6-19-32-30(36)24(4)33(20-25-15-17-26(31)18-16-25)29(35)21-34(28-14-10-11-22(2)23(28)3)39(37,38)27-12-8-7-9-13-27/h7-18,24H,5-6,19-21H2,1-4H3,(H,32,36)/t24-/m1/s1. The van der Waals surface area contributed by atoms with Crippen LogP contribution in [0.25, 0.3) is 0 Å². The van der Waals surface area contributed by atoms with Crippen LogP contribution in [0.3, 0.4) is 0 Å². The van der Waals surface area contributed by atoms with Gasteiger partial charge in [0.2, 0.25) is 11.8 Å². The Morgan fingerprint density at radius 1 is 0.949 bits per heavy atom. The van der Waals surface area contributed by atoms with E-state index in [0.717, 1.165) is 38.3 Å². The lowest BCUT2D eigenvalue weighted by molar-refractivity contribution is -0.139. The quantitative estimate of drug-likeness (QED) is 0.270. The summed E-state index contributed by atoms with van der Waals surface area (Å²) in [5.41, 5.74) is 2.91. The highest BCUT2D eigenvalue weighted by Crippen LogP contribution is 2.29. The van der Waals surface area contributed by atoms with Crippen LogP contribution in [-0.2, 0) is 26.2 Å². The number of aryl methyl sites for hydroxylation is 1. The van der Waals surface area contributed by atoms with Crippen molar-refractivity contribution < 1.29 is 18.0 Å². The fourth-order valence-corrected chi connectivity index (χ4v) is 5.90. The van der Waals surface area contributed by atoms with Gasteiger partial charge in [0.25, 0.3) is 10.0 Å². The van der Waals surface area contributed by atoms with Crippen molar-refractivity contribution in [2.45, 2.75) is 58.0 Å². The maximum absolute atomic E-state index is 14.0. The molecule has 3 aromatic rings. The molecule has 0 spiro atoms. The molecule has 3 aromatic carbocycles. The molecular formula is C30H36BrN3O4S. The minimum absolute atomic E-state index is 0.0866. The molecule has 1 N–H and O–H groups in total. The van der Waals surface area contributed by atoms with Crippen molar-refractivity contribution in [3.63, 3.8) is 0 Å². The Labute approximate surface area is 240 Å². The summed E-state index contributed by atoms with van der Waals surface area (Å²) < 4.78 is 29.8. The number of unbranched alkanes of at least 4 members (excludes halogenated alkanes) is 1. The first-order valence-corrected chi connectivity index (χ1v) is 15.2. The van der Waals surface area contributed by atoms with Gasteiger partial charge in [-0.15, -0.1) is 0 Å². The second-order valence-corrected chi connectivity index (χ2v) is 12.3. The molecule has 0 saturated carbocycles. The van der Waals surface area contributed by atoms with Gasteiger partial charge in [-0.25, -0.2) is 8.42 Å². The summed E-state index contributed by atoms with van der Waals surface area (Å²) in [6.45, 7) is 7.66. The van der Waals surface area contributed by atoms with Crippen LogP contribution in [-0.4, -0.2) is 44.3 Å². The zero-order valence-corrected chi connectivity index (χ0v) is 25.3. The van der Waals surface area contributed by atoms with Gasteiger partial charge in [0.1, 0.15) is 12.6 Å². The molecule has 0 heterocycles. The predicted octanol–water partition coefficient (Wildman–Crippen LogP) is 5.59. The molecule has 39 heavy (non-hydrogen) atoms. The first-order chi connectivity index (χ1) is 18.6. The number of carbonyl (C=O) groups excluding carboxylic acids is 2. The van der Waals surface area contributed by atoms with Crippen LogP contribution in [0.5, 0.6) is 0 Å². The number of benzene rings is 3. The van der Waals surface area contributed by atoms with Crippen molar-refractivity contribution in [3.05, 3.63) is 94.0 Å². The van der Waals surface area contributed by atoms with Crippen LogP contribution in [0.1, 0.15) is 43.4 Å². The number of amides is 2. The number of hydrogen-bond donors (Lipinski definition) is 1. The summed E-state index contributed by atoms with van der Waals surface area (Å²) in [5, 5.41) is 2.90. The van der Waals surface area contributed by atoms with E-state index in [0.29, 0.717) is 12.2 Å². The zero-order chi connectivity index (χ0) is 28.6. The Hall–Kier alpha value is -3.17. The Balaban J connectivity index is 2.02. The number of sulfonamides is 1. The second-order valence-electron chi connectivity index (χ2n) is 9.51. The Morgan fingerprint density at radius 3 is 2.26 bits per heavy atom. The molecule has 208 valence electrons. The molecule has 0 aliphatic rings. The van der Waals surface area contributed by atoms with Crippen LogP contribution < -0.4 is 9.62 Å². The zero-order valence-electron chi connectivity index (χ0n) is 22.9. The number of rotatable bonds is 12. The van der Waals surface area contributed by atoms with E-state index in [1.54, 1.807) is 37.3 Å². The average molecular weight is 615 g/mol. The average Bonchev–Trinajstić information content (AvgIpc) is 2.93. The van der Waals surface area contributed by atoms with E-state index >= 15 is 0 Å². The lowest BCUT2D eigenvalue weighted by Gasteiger charge is -2.32. The van der Waals surface area contributed by atoms with Crippen molar-refractivity contribution in [2.75, 3.05) is 17.4 Å². The number of carbonyl (C=O) groups is 2. The highest BCUT2D eigenvalue weighted by atomic mass is 79.9. The van der Waals surface area contributed by atoms with Gasteiger partial charge in [-0.3, -0.25) is 13.9 Å². The maximum atomic E-state index is 14.0. The Kier molecular flexibility index (Phi) is 10.7. The number of hydrogen-bond acceptors (Lipinski definition) is 4. The molecule has 0 aliphatic heterocycles. The van der Waals surface area contributed by atoms with Crippen LogP contribution in [0.15, 0.2) is 82.2 Å². The molecule has 0 fully saturated rings. The SMILES string of the molecule is CCCCNC(=O)[C@@H](C)N(Cc1ccc(Br)cc1)C(=O)CN(c1cccc(C)c1C)S(=O)(=O)c1ccccc1. The molecule has 7 nitrogen and oxygen atoms in total. The predicted molar refractivity (Wildman–Crippen MR) is 159 cm³/mol. The molecule has 0 saturated heterocycles. The molecule has 9 heteroatoms. The van der Waals surface area contributed by atoms with Gasteiger partial charge in [-0.05, 0) is 74.2 Å². The monoisotopic (exact) mass is 613 g/mol. The lowest BCUT2D eigenvalue weighted by Crippen LogP contribution is -2.51. The third-order valence-electron chi connectivity index (χ3n) is 6.72. The number of nitrogens with one attached hydrogen (secondary N) is 1. The fraction of sp³-hybridized carbons (Fsp3) is 0.333. The van der Waals surface area contributed by atoms with Crippen molar-refractivity contribution in [3.8, 4) is 0 Å². The van der Waals surface area contributed by atoms with Crippen molar-refractivity contribution in [1.29, 1.82) is 0 Å². The number of halogens is 1. The van der Waals surface area contributed by atoms with E-state index in [4.69, 9.17) is 0 Å². The van der Waals surface area contributed by atoms with Gasteiger partial charge in [-0.2, -0.15) is 0 Å². The normalized spacial score (nSPS) is 12.0. The summed E-state index contributed by atoms with van der Waals surface area (Å²) in [7, 11) is -4.08. The van der Waals surface area contributed by atoms with Gasteiger partial charge in [0.15, 0.2) is 0 Å². The molecule has 3 rings (SSSR count). The third-order valence-corrected chi connectivity index (χ3v) is 9.02. The van der Waals surface area contributed by atoms with Crippen molar-refractivity contribution in [2.24, 2.45) is 0 Å². The number of nitrogens with zero attached hydrogens (tertiary/aromatic N) is 2. The molecule has 0 unspecified atom stereocenters. The molecule has 1 atom stereocenters. The topological polar surface area (TPSA) is 86.8 Å². The van der Waals surface area contributed by atoms with Gasteiger partial charge >= 0.3 is 0 Å². The minimum Gasteiger partial charge on any atom is -0.354 e. The van der Waals surface area contributed by atoms with E-state index < -0.39 is 28.5 Å². The molecule has 0 aromatic heterocycles. The Morgan fingerprint density at radius 2 is 1.62 bits per heavy atom. The van der Waals surface area contributed by atoms with Crippen LogP contribution in [0.2, 0.25) is 0 Å².